The van der Waals surface area contributed by atoms with E-state index in [1.54, 1.807) is 34.0 Å². The number of benzene rings is 3. The molecule has 0 radical (unpaired) electrons. The molecule has 1 amide bonds. The second kappa shape index (κ2) is 11.1. The van der Waals surface area contributed by atoms with Gasteiger partial charge in [-0.1, -0.05) is 41.4 Å². The van der Waals surface area contributed by atoms with E-state index in [1.165, 1.54) is 6.07 Å². The van der Waals surface area contributed by atoms with Crippen LogP contribution in [0.15, 0.2) is 67.0 Å². The summed E-state index contributed by atoms with van der Waals surface area (Å²) in [4.78, 5) is 26.3. The highest BCUT2D eigenvalue weighted by atomic mass is 35.5. The molecule has 2 heterocycles. The first-order valence-electron chi connectivity index (χ1n) is 13.3. The van der Waals surface area contributed by atoms with Crippen molar-refractivity contribution in [3.8, 4) is 16.9 Å². The smallest absolute Gasteiger partial charge is 0.414 e. The van der Waals surface area contributed by atoms with Crippen molar-refractivity contribution in [1.29, 1.82) is 0 Å². The van der Waals surface area contributed by atoms with Gasteiger partial charge in [0.15, 0.2) is 0 Å². The normalized spacial score (nSPS) is 17.0. The standard InChI is InChI=1S/C31H27Cl2N3O5/c1-18-25(32)5-3-7-28(18)40-10-11-41-31(39)36-17-20-13-24(20)29-23(4-2-6-27(29)36)22-14-34-35(16-22)15-21-12-19(30(37)38)8-9-26(21)33/h2-9,12,14,16,20,24H,10-11,13,15,17H2,1H3,(H,37,38). The molecule has 0 spiro atoms. The number of anilines is 1. The second-order valence-electron chi connectivity index (χ2n) is 10.3. The number of carbonyl (C=O) groups excluding carboxylic acids is 1. The van der Waals surface area contributed by atoms with Crippen LogP contribution in [0.1, 0.15) is 39.4 Å². The number of carboxylic acids is 1. The minimum atomic E-state index is -1.01. The topological polar surface area (TPSA) is 93.9 Å². The highest BCUT2D eigenvalue weighted by molar-refractivity contribution is 6.31. The number of halogens is 2. The van der Waals surface area contributed by atoms with Crippen LogP contribution >= 0.6 is 23.2 Å². The molecule has 2 aliphatic rings. The molecule has 6 rings (SSSR count). The van der Waals surface area contributed by atoms with E-state index in [2.05, 4.69) is 5.10 Å². The summed E-state index contributed by atoms with van der Waals surface area (Å²) in [6, 6.07) is 16.0. The van der Waals surface area contributed by atoms with Gasteiger partial charge in [0, 0.05) is 33.9 Å². The van der Waals surface area contributed by atoms with Crippen LogP contribution in [-0.4, -0.2) is 46.7 Å². The maximum Gasteiger partial charge on any atom is 0.414 e. The lowest BCUT2D eigenvalue weighted by Crippen LogP contribution is -2.37. The van der Waals surface area contributed by atoms with Crippen LogP contribution in [0.4, 0.5) is 10.5 Å². The highest BCUT2D eigenvalue weighted by Gasteiger charge is 2.48. The Morgan fingerprint density at radius 1 is 1.07 bits per heavy atom. The number of carboxylic acid groups (broad SMARTS) is 1. The predicted octanol–water partition coefficient (Wildman–Crippen LogP) is 7.05. The van der Waals surface area contributed by atoms with Gasteiger partial charge in [0.2, 0.25) is 0 Å². The zero-order valence-electron chi connectivity index (χ0n) is 22.2. The Hall–Kier alpha value is -4.01. The molecular weight excluding hydrogens is 565 g/mol. The van der Waals surface area contributed by atoms with Crippen molar-refractivity contribution < 1.29 is 24.2 Å². The minimum Gasteiger partial charge on any atom is -0.490 e. The molecule has 8 nitrogen and oxygen atoms in total. The number of nitrogens with zero attached hydrogens (tertiary/aromatic N) is 3. The van der Waals surface area contributed by atoms with Gasteiger partial charge in [-0.25, -0.2) is 9.59 Å². The van der Waals surface area contributed by atoms with Gasteiger partial charge in [-0.15, -0.1) is 0 Å². The van der Waals surface area contributed by atoms with Gasteiger partial charge in [-0.05, 0) is 78.3 Å². The summed E-state index contributed by atoms with van der Waals surface area (Å²) in [6.45, 7) is 3.16. The number of aromatic carboxylic acids is 1. The molecule has 2 unspecified atom stereocenters. The largest absolute Gasteiger partial charge is 0.490 e. The number of rotatable bonds is 8. The quantitative estimate of drug-likeness (QED) is 0.221. The van der Waals surface area contributed by atoms with E-state index in [9.17, 15) is 14.7 Å². The summed E-state index contributed by atoms with van der Waals surface area (Å²) < 4.78 is 13.1. The summed E-state index contributed by atoms with van der Waals surface area (Å²) in [5.41, 5.74) is 5.59. The van der Waals surface area contributed by atoms with E-state index >= 15 is 0 Å². The molecule has 3 aromatic carbocycles. The summed E-state index contributed by atoms with van der Waals surface area (Å²) in [5, 5.41) is 15.0. The Balaban J connectivity index is 1.17. The van der Waals surface area contributed by atoms with E-state index in [1.807, 2.05) is 43.5 Å². The fourth-order valence-electron chi connectivity index (χ4n) is 5.43. The molecule has 0 saturated heterocycles. The van der Waals surface area contributed by atoms with Gasteiger partial charge in [0.05, 0.1) is 24.0 Å². The van der Waals surface area contributed by atoms with Crippen molar-refractivity contribution in [1.82, 2.24) is 9.78 Å². The van der Waals surface area contributed by atoms with Crippen molar-refractivity contribution in [2.24, 2.45) is 5.92 Å². The lowest BCUT2D eigenvalue weighted by molar-refractivity contribution is 0.0696. The number of carbonyl (C=O) groups is 2. The first-order valence-corrected chi connectivity index (χ1v) is 14.1. The molecule has 1 fully saturated rings. The van der Waals surface area contributed by atoms with Crippen LogP contribution in [0.5, 0.6) is 5.75 Å². The van der Waals surface area contributed by atoms with Crippen molar-refractivity contribution >= 4 is 41.0 Å². The number of fused-ring (bicyclic) bond motifs is 3. The second-order valence-corrected chi connectivity index (χ2v) is 11.1. The third-order valence-electron chi connectivity index (χ3n) is 7.66. The molecule has 1 aliphatic heterocycles. The molecule has 4 aromatic rings. The first kappa shape index (κ1) is 27.2. The number of aromatic nitrogens is 2. The van der Waals surface area contributed by atoms with E-state index in [-0.39, 0.29) is 18.8 Å². The van der Waals surface area contributed by atoms with Crippen LogP contribution in [0.25, 0.3) is 11.1 Å². The van der Waals surface area contributed by atoms with Crippen LogP contribution in [0.3, 0.4) is 0 Å². The Morgan fingerprint density at radius 3 is 2.73 bits per heavy atom. The molecule has 1 saturated carbocycles. The molecule has 2 atom stereocenters. The van der Waals surface area contributed by atoms with Gasteiger partial charge in [0.25, 0.3) is 0 Å². The zero-order chi connectivity index (χ0) is 28.7. The lowest BCUT2D eigenvalue weighted by Gasteiger charge is -2.29. The Bertz CT molecular complexity index is 1650. The van der Waals surface area contributed by atoms with Gasteiger partial charge >= 0.3 is 12.1 Å². The average molecular weight is 592 g/mol. The average Bonchev–Trinajstić information content (AvgIpc) is 3.61. The molecule has 210 valence electrons. The van der Waals surface area contributed by atoms with Crippen molar-refractivity contribution in [3.63, 3.8) is 0 Å². The fraction of sp³-hybridized carbons (Fsp3) is 0.258. The summed E-state index contributed by atoms with van der Waals surface area (Å²) in [5.74, 6) is 0.420. The van der Waals surface area contributed by atoms with Crippen molar-refractivity contribution in [2.75, 3.05) is 24.7 Å². The maximum absolute atomic E-state index is 13.2. The highest BCUT2D eigenvalue weighted by Crippen LogP contribution is 2.57. The fourth-order valence-corrected chi connectivity index (χ4v) is 5.78. The van der Waals surface area contributed by atoms with Crippen molar-refractivity contribution in [3.05, 3.63) is 99.3 Å². The minimum absolute atomic E-state index is 0.114. The molecule has 10 heteroatoms. The summed E-state index contributed by atoms with van der Waals surface area (Å²) in [6.07, 6.45) is 4.32. The van der Waals surface area contributed by atoms with Crippen molar-refractivity contribution in [2.45, 2.75) is 25.8 Å². The van der Waals surface area contributed by atoms with Gasteiger partial charge in [-0.2, -0.15) is 5.10 Å². The lowest BCUT2D eigenvalue weighted by atomic mass is 9.93. The molecule has 1 N–H and O–H groups in total. The Morgan fingerprint density at radius 2 is 1.90 bits per heavy atom. The molecular formula is C31H27Cl2N3O5. The Kier molecular flexibility index (Phi) is 7.36. The molecule has 0 bridgehead atoms. The van der Waals surface area contributed by atoms with Crippen LogP contribution in [0, 0.1) is 12.8 Å². The zero-order valence-corrected chi connectivity index (χ0v) is 23.7. The van der Waals surface area contributed by atoms with Crippen LogP contribution in [-0.2, 0) is 11.3 Å². The maximum atomic E-state index is 13.2. The third-order valence-corrected chi connectivity index (χ3v) is 8.44. The third kappa shape index (κ3) is 5.49. The van der Waals surface area contributed by atoms with Crippen LogP contribution in [0.2, 0.25) is 10.0 Å². The predicted molar refractivity (Wildman–Crippen MR) is 156 cm³/mol. The van der Waals surface area contributed by atoms with Gasteiger partial charge in [0.1, 0.15) is 19.0 Å². The first-order chi connectivity index (χ1) is 19.8. The number of hydrogen-bond donors (Lipinski definition) is 1. The SMILES string of the molecule is Cc1c(Cl)cccc1OCCOC(=O)N1CC2CC2c2c(-c3cnn(Cc4cc(C(=O)O)ccc4Cl)c3)cccc21. The number of amides is 1. The summed E-state index contributed by atoms with van der Waals surface area (Å²) >= 11 is 12.5. The molecule has 1 aliphatic carbocycles. The summed E-state index contributed by atoms with van der Waals surface area (Å²) in [7, 11) is 0. The van der Waals surface area contributed by atoms with E-state index in [0.717, 1.165) is 34.4 Å². The van der Waals surface area contributed by atoms with Gasteiger partial charge in [-0.3, -0.25) is 9.58 Å². The van der Waals surface area contributed by atoms with E-state index < -0.39 is 12.1 Å². The number of ether oxygens (including phenoxy) is 2. The monoisotopic (exact) mass is 591 g/mol. The van der Waals surface area contributed by atoms with E-state index in [0.29, 0.717) is 46.3 Å². The Labute approximate surface area is 247 Å². The molecule has 41 heavy (non-hydrogen) atoms. The van der Waals surface area contributed by atoms with E-state index in [4.69, 9.17) is 32.7 Å². The van der Waals surface area contributed by atoms with Gasteiger partial charge < -0.3 is 14.6 Å². The van der Waals surface area contributed by atoms with Crippen LogP contribution < -0.4 is 9.64 Å². The molecule has 1 aromatic heterocycles. The number of hydrogen-bond acceptors (Lipinski definition) is 5.